The van der Waals surface area contributed by atoms with Gasteiger partial charge in [-0.2, -0.15) is 0 Å². The van der Waals surface area contributed by atoms with E-state index in [1.165, 1.54) is 25.9 Å². The molecule has 3 saturated heterocycles. The topological polar surface area (TPSA) is 54.5 Å². The third-order valence-corrected chi connectivity index (χ3v) is 6.70. The van der Waals surface area contributed by atoms with Gasteiger partial charge in [0.1, 0.15) is 10.8 Å². The fraction of sp³-hybridized carbons (Fsp3) is 0.429. The first-order valence-electron chi connectivity index (χ1n) is 9.47. The Morgan fingerprint density at radius 3 is 2.63 bits per heavy atom. The minimum Gasteiger partial charge on any atom is -0.497 e. The summed E-state index contributed by atoms with van der Waals surface area (Å²) in [5, 5.41) is 4.15. The van der Waals surface area contributed by atoms with Crippen LogP contribution in [0.25, 0.3) is 0 Å². The lowest BCUT2D eigenvalue weighted by molar-refractivity contribution is 0.0217. The number of benzene rings is 1. The summed E-state index contributed by atoms with van der Waals surface area (Å²) in [6.07, 6.45) is 4.12. The number of ether oxygens (including phenoxy) is 1. The number of nitrogens with zero attached hydrogens (tertiary/aromatic N) is 2. The molecule has 142 valence electrons. The molecule has 3 aliphatic rings. The highest BCUT2D eigenvalue weighted by atomic mass is 32.2. The zero-order chi connectivity index (χ0) is 18.8. The van der Waals surface area contributed by atoms with Crippen molar-refractivity contribution < 1.29 is 9.53 Å². The van der Waals surface area contributed by atoms with Crippen molar-refractivity contribution in [3.05, 3.63) is 48.2 Å². The number of methoxy groups -OCH3 is 1. The predicted molar refractivity (Wildman–Crippen MR) is 106 cm³/mol. The van der Waals surface area contributed by atoms with Gasteiger partial charge in [0.2, 0.25) is 0 Å². The zero-order valence-corrected chi connectivity index (χ0v) is 16.5. The second kappa shape index (κ2) is 7.90. The summed E-state index contributed by atoms with van der Waals surface area (Å²) in [4.78, 5) is 20.6. The van der Waals surface area contributed by atoms with Crippen LogP contribution in [0.3, 0.4) is 0 Å². The second-order valence-corrected chi connectivity index (χ2v) is 8.37. The summed E-state index contributed by atoms with van der Waals surface area (Å²) < 4.78 is 5.24. The van der Waals surface area contributed by atoms with Crippen LogP contribution in [0.1, 0.15) is 30.1 Å². The third-order valence-electron chi connectivity index (χ3n) is 5.76. The first-order valence-corrected chi connectivity index (χ1v) is 10.3. The Labute approximate surface area is 164 Å². The molecule has 4 heterocycles. The first-order chi connectivity index (χ1) is 13.1. The van der Waals surface area contributed by atoms with Gasteiger partial charge < -0.3 is 10.1 Å². The maximum absolute atomic E-state index is 12.7. The van der Waals surface area contributed by atoms with Gasteiger partial charge in [0.15, 0.2) is 0 Å². The Balaban J connectivity index is 1.40. The first kappa shape index (κ1) is 18.3. The Kier molecular flexibility index (Phi) is 5.36. The molecule has 0 unspecified atom stereocenters. The monoisotopic (exact) mass is 383 g/mol. The van der Waals surface area contributed by atoms with E-state index in [0.29, 0.717) is 17.5 Å². The number of hydrogen-bond acceptors (Lipinski definition) is 5. The molecule has 1 aromatic carbocycles. The van der Waals surface area contributed by atoms with Gasteiger partial charge >= 0.3 is 0 Å². The number of carbonyl (C=O) groups excluding carboxylic acids is 1. The molecule has 2 atom stereocenters. The second-order valence-electron chi connectivity index (χ2n) is 7.27. The van der Waals surface area contributed by atoms with E-state index in [2.05, 4.69) is 22.1 Å². The quantitative estimate of drug-likeness (QED) is 0.857. The number of carbonyl (C=O) groups is 1. The lowest BCUT2D eigenvalue weighted by atomic mass is 9.79. The summed E-state index contributed by atoms with van der Waals surface area (Å²) in [6, 6.07) is 12.1. The van der Waals surface area contributed by atoms with E-state index < -0.39 is 0 Å². The van der Waals surface area contributed by atoms with Crippen LogP contribution >= 0.6 is 11.8 Å². The highest BCUT2D eigenvalue weighted by Crippen LogP contribution is 2.32. The molecule has 3 aliphatic heterocycles. The average Bonchev–Trinajstić information content (AvgIpc) is 2.71. The van der Waals surface area contributed by atoms with E-state index in [1.807, 2.05) is 36.4 Å². The van der Waals surface area contributed by atoms with Gasteiger partial charge in [0, 0.05) is 34.8 Å². The summed E-state index contributed by atoms with van der Waals surface area (Å²) in [5.41, 5.74) is 0.710. The number of fused-ring (bicyclic) bond motifs is 3. The van der Waals surface area contributed by atoms with Crippen LogP contribution in [0.2, 0.25) is 0 Å². The van der Waals surface area contributed by atoms with Crippen LogP contribution in [0, 0.1) is 5.92 Å². The van der Waals surface area contributed by atoms with E-state index in [1.54, 1.807) is 25.1 Å². The SMILES string of the molecule is COc1ccnc(Sc2ccc(C(=O)N[C@@H]3C4CCN(CC4)[C@H]3C)cc2)c1. The molecule has 5 nitrogen and oxygen atoms in total. The summed E-state index contributed by atoms with van der Waals surface area (Å²) in [6.45, 7) is 4.57. The molecule has 0 saturated carbocycles. The Morgan fingerprint density at radius 2 is 1.96 bits per heavy atom. The normalized spacial score (nSPS) is 26.6. The van der Waals surface area contributed by atoms with Gasteiger partial charge in [-0.25, -0.2) is 4.98 Å². The van der Waals surface area contributed by atoms with Crippen molar-refractivity contribution in [1.29, 1.82) is 0 Å². The van der Waals surface area contributed by atoms with E-state index in [-0.39, 0.29) is 11.9 Å². The van der Waals surface area contributed by atoms with Gasteiger partial charge in [-0.3, -0.25) is 9.69 Å². The zero-order valence-electron chi connectivity index (χ0n) is 15.7. The standard InChI is InChI=1S/C21H25N3O2S/c1-14-20(15-8-11-24(14)12-9-15)23-21(25)16-3-5-18(6-4-16)27-19-13-17(26-2)7-10-22-19/h3-7,10,13-15,20H,8-9,11-12H2,1-2H3,(H,23,25)/t14-,20-/m0/s1. The lowest BCUT2D eigenvalue weighted by Crippen LogP contribution is -2.62. The van der Waals surface area contributed by atoms with E-state index in [9.17, 15) is 4.79 Å². The molecular formula is C21H25N3O2S. The van der Waals surface area contributed by atoms with Crippen LogP contribution in [0.15, 0.2) is 52.5 Å². The molecule has 1 N–H and O–H groups in total. The Bertz CT molecular complexity index is 801. The van der Waals surface area contributed by atoms with Crippen molar-refractivity contribution in [3.63, 3.8) is 0 Å². The van der Waals surface area contributed by atoms with Crippen molar-refractivity contribution in [1.82, 2.24) is 15.2 Å². The Morgan fingerprint density at radius 1 is 1.22 bits per heavy atom. The van der Waals surface area contributed by atoms with Crippen molar-refractivity contribution in [2.24, 2.45) is 5.92 Å². The highest BCUT2D eigenvalue weighted by molar-refractivity contribution is 7.99. The van der Waals surface area contributed by atoms with E-state index in [4.69, 9.17) is 4.74 Å². The molecule has 0 radical (unpaired) electrons. The summed E-state index contributed by atoms with van der Waals surface area (Å²) >= 11 is 1.55. The molecular weight excluding hydrogens is 358 g/mol. The molecule has 3 fully saturated rings. The highest BCUT2D eigenvalue weighted by Gasteiger charge is 2.40. The fourth-order valence-electron chi connectivity index (χ4n) is 4.15. The summed E-state index contributed by atoms with van der Waals surface area (Å²) in [7, 11) is 1.65. The molecule has 6 heteroatoms. The molecule has 5 rings (SSSR count). The van der Waals surface area contributed by atoms with Gasteiger partial charge in [-0.05, 0) is 69.1 Å². The van der Waals surface area contributed by atoms with E-state index >= 15 is 0 Å². The van der Waals surface area contributed by atoms with Crippen molar-refractivity contribution in [2.75, 3.05) is 20.2 Å². The van der Waals surface area contributed by atoms with Gasteiger partial charge in [0.25, 0.3) is 5.91 Å². The van der Waals surface area contributed by atoms with Crippen molar-refractivity contribution in [2.45, 2.75) is 41.8 Å². The largest absolute Gasteiger partial charge is 0.497 e. The molecule has 1 aromatic heterocycles. The average molecular weight is 384 g/mol. The molecule has 2 bridgehead atoms. The van der Waals surface area contributed by atoms with Crippen molar-refractivity contribution >= 4 is 17.7 Å². The smallest absolute Gasteiger partial charge is 0.251 e. The van der Waals surface area contributed by atoms with Gasteiger partial charge in [-0.1, -0.05) is 11.8 Å². The number of amides is 1. The molecule has 1 amide bonds. The molecule has 2 aromatic rings. The number of hydrogen-bond donors (Lipinski definition) is 1. The van der Waals surface area contributed by atoms with Crippen LogP contribution in [-0.2, 0) is 0 Å². The minimum atomic E-state index is 0.0247. The predicted octanol–water partition coefficient (Wildman–Crippen LogP) is 3.45. The molecule has 27 heavy (non-hydrogen) atoms. The number of rotatable bonds is 5. The van der Waals surface area contributed by atoms with Crippen LogP contribution in [-0.4, -0.2) is 48.1 Å². The lowest BCUT2D eigenvalue weighted by Gasteiger charge is -2.49. The maximum Gasteiger partial charge on any atom is 0.251 e. The maximum atomic E-state index is 12.7. The van der Waals surface area contributed by atoms with Crippen LogP contribution < -0.4 is 10.1 Å². The Hall–Kier alpha value is -2.05. The number of piperidine rings is 3. The van der Waals surface area contributed by atoms with Gasteiger partial charge in [-0.15, -0.1) is 0 Å². The third kappa shape index (κ3) is 3.96. The fourth-order valence-corrected chi connectivity index (χ4v) is 4.95. The molecule has 0 spiro atoms. The van der Waals surface area contributed by atoms with E-state index in [0.717, 1.165) is 15.7 Å². The molecule has 0 aliphatic carbocycles. The van der Waals surface area contributed by atoms with Gasteiger partial charge in [0.05, 0.1) is 7.11 Å². The van der Waals surface area contributed by atoms with Crippen LogP contribution in [0.4, 0.5) is 0 Å². The summed E-state index contributed by atoms with van der Waals surface area (Å²) in [5.74, 6) is 1.43. The number of aromatic nitrogens is 1. The van der Waals surface area contributed by atoms with Crippen molar-refractivity contribution in [3.8, 4) is 5.75 Å². The van der Waals surface area contributed by atoms with Crippen LogP contribution in [0.5, 0.6) is 5.75 Å². The number of nitrogens with one attached hydrogen (secondary N) is 1. The minimum absolute atomic E-state index is 0.0247. The number of pyridine rings is 1.